The number of nitrogens with zero attached hydrogens (tertiary/aromatic N) is 1. The van der Waals surface area contributed by atoms with Crippen LogP contribution in [0, 0.1) is 5.92 Å². The fourth-order valence-electron chi connectivity index (χ4n) is 2.62. The molecule has 0 spiro atoms. The summed E-state index contributed by atoms with van der Waals surface area (Å²) < 4.78 is 0. The van der Waals surface area contributed by atoms with Gasteiger partial charge in [-0.1, -0.05) is 32.4 Å². The van der Waals surface area contributed by atoms with Crippen LogP contribution >= 0.6 is 11.6 Å². The summed E-state index contributed by atoms with van der Waals surface area (Å²) in [7, 11) is 2.02. The Balaban J connectivity index is 2.33. The lowest BCUT2D eigenvalue weighted by Crippen LogP contribution is -2.27. The number of hydrogen-bond donors (Lipinski definition) is 2. The van der Waals surface area contributed by atoms with Crippen LogP contribution in [0.15, 0.2) is 12.1 Å². The van der Waals surface area contributed by atoms with E-state index in [0.29, 0.717) is 10.9 Å². The average Bonchev–Trinajstić information content (AvgIpc) is 2.64. The third-order valence-electron chi connectivity index (χ3n) is 3.41. The van der Waals surface area contributed by atoms with Gasteiger partial charge >= 0.3 is 0 Å². The second-order valence-electron chi connectivity index (χ2n) is 5.65. The number of rotatable bonds is 5. The van der Waals surface area contributed by atoms with Crippen molar-refractivity contribution in [2.75, 3.05) is 30.4 Å². The van der Waals surface area contributed by atoms with Crippen LogP contribution in [0.4, 0.5) is 11.4 Å². The number of carbonyl (C=O) groups is 1. The van der Waals surface area contributed by atoms with Crippen molar-refractivity contribution in [2.24, 2.45) is 5.92 Å². The number of halogens is 1. The monoisotopic (exact) mass is 295 g/mol. The van der Waals surface area contributed by atoms with Crippen LogP contribution < -0.4 is 15.5 Å². The minimum absolute atomic E-state index is 0.0124. The third kappa shape index (κ3) is 2.91. The van der Waals surface area contributed by atoms with Crippen molar-refractivity contribution in [3.8, 4) is 0 Å². The molecule has 2 rings (SSSR count). The summed E-state index contributed by atoms with van der Waals surface area (Å²) in [5.74, 6) is 0.537. The number of fused-ring (bicyclic) bond motifs is 1. The predicted octanol–water partition coefficient (Wildman–Crippen LogP) is 3.03. The molecule has 2 N–H and O–H groups in total. The van der Waals surface area contributed by atoms with Gasteiger partial charge in [0, 0.05) is 24.8 Å². The van der Waals surface area contributed by atoms with Gasteiger partial charge < -0.3 is 15.5 Å². The molecule has 1 amide bonds. The second-order valence-corrected chi connectivity index (χ2v) is 6.05. The van der Waals surface area contributed by atoms with Gasteiger partial charge in [0.15, 0.2) is 0 Å². The molecule has 0 bridgehead atoms. The number of benzene rings is 1. The maximum Gasteiger partial charge on any atom is 0.246 e. The first-order chi connectivity index (χ1) is 9.43. The quantitative estimate of drug-likeness (QED) is 0.877. The molecule has 1 aromatic carbocycles. The number of hydrogen-bond acceptors (Lipinski definition) is 3. The lowest BCUT2D eigenvalue weighted by atomic mass is 10.1. The predicted molar refractivity (Wildman–Crippen MR) is 84.6 cm³/mol. The Hall–Kier alpha value is -1.26. The highest BCUT2D eigenvalue weighted by Gasteiger charge is 2.31. The number of nitrogens with one attached hydrogen (secondary N) is 2. The Bertz CT molecular complexity index is 516. The van der Waals surface area contributed by atoms with E-state index in [9.17, 15) is 4.79 Å². The SMILES string of the molecule is CCNC1C(=O)Nc2cc(N(C)CC(C)C)c(Cl)cc21. The fraction of sp³-hybridized carbons (Fsp3) is 0.533. The molecule has 1 heterocycles. The van der Waals surface area contributed by atoms with Crippen molar-refractivity contribution in [1.82, 2.24) is 5.32 Å². The summed E-state index contributed by atoms with van der Waals surface area (Å²) in [6.45, 7) is 7.98. The molecule has 0 fully saturated rings. The van der Waals surface area contributed by atoms with Crippen LogP contribution in [0.1, 0.15) is 32.4 Å². The molecule has 0 saturated heterocycles. The molecular weight excluding hydrogens is 274 g/mol. The zero-order valence-corrected chi connectivity index (χ0v) is 13.2. The molecule has 0 radical (unpaired) electrons. The normalized spacial score (nSPS) is 17.3. The first kappa shape index (κ1) is 15.1. The summed E-state index contributed by atoms with van der Waals surface area (Å²) in [5.41, 5.74) is 2.75. The third-order valence-corrected chi connectivity index (χ3v) is 3.71. The Morgan fingerprint density at radius 2 is 2.15 bits per heavy atom. The lowest BCUT2D eigenvalue weighted by Gasteiger charge is -2.23. The Morgan fingerprint density at radius 1 is 1.45 bits per heavy atom. The Morgan fingerprint density at radius 3 is 2.75 bits per heavy atom. The van der Waals surface area contributed by atoms with Gasteiger partial charge in [0.2, 0.25) is 5.91 Å². The topological polar surface area (TPSA) is 44.4 Å². The molecule has 0 aromatic heterocycles. The van der Waals surface area contributed by atoms with Crippen LogP contribution in [0.2, 0.25) is 5.02 Å². The highest BCUT2D eigenvalue weighted by atomic mass is 35.5. The highest BCUT2D eigenvalue weighted by molar-refractivity contribution is 6.33. The van der Waals surface area contributed by atoms with Gasteiger partial charge in [-0.05, 0) is 24.6 Å². The first-order valence-corrected chi connectivity index (χ1v) is 7.40. The van der Waals surface area contributed by atoms with Crippen LogP contribution in [0.25, 0.3) is 0 Å². The zero-order chi connectivity index (χ0) is 14.9. The Kier molecular flexibility index (Phi) is 4.55. The van der Waals surface area contributed by atoms with Crippen LogP contribution in [0.5, 0.6) is 0 Å². The van der Waals surface area contributed by atoms with Gasteiger partial charge in [-0.3, -0.25) is 4.79 Å². The van der Waals surface area contributed by atoms with Crippen molar-refractivity contribution in [3.05, 3.63) is 22.7 Å². The van der Waals surface area contributed by atoms with E-state index in [1.54, 1.807) is 0 Å². The van der Waals surface area contributed by atoms with Crippen LogP contribution in [-0.2, 0) is 4.79 Å². The molecule has 0 saturated carbocycles. The van der Waals surface area contributed by atoms with E-state index in [1.165, 1.54) is 0 Å². The van der Waals surface area contributed by atoms with E-state index in [0.717, 1.165) is 30.0 Å². The number of likely N-dealkylation sites (N-methyl/N-ethyl adjacent to an activating group) is 1. The molecule has 0 aliphatic carbocycles. The summed E-state index contributed by atoms with van der Waals surface area (Å²) in [6.07, 6.45) is 0. The lowest BCUT2D eigenvalue weighted by molar-refractivity contribution is -0.117. The van der Waals surface area contributed by atoms with E-state index in [1.807, 2.05) is 26.1 Å². The van der Waals surface area contributed by atoms with E-state index < -0.39 is 0 Å². The van der Waals surface area contributed by atoms with Gasteiger partial charge in [0.1, 0.15) is 6.04 Å². The molecule has 110 valence electrons. The number of anilines is 2. The molecule has 1 unspecified atom stereocenters. The number of amides is 1. The summed E-state index contributed by atoms with van der Waals surface area (Å²) >= 11 is 6.39. The van der Waals surface area contributed by atoms with Crippen LogP contribution in [0.3, 0.4) is 0 Å². The molecule has 4 nitrogen and oxygen atoms in total. The van der Waals surface area contributed by atoms with Gasteiger partial charge in [0.05, 0.1) is 10.7 Å². The van der Waals surface area contributed by atoms with Crippen molar-refractivity contribution >= 4 is 28.9 Å². The summed E-state index contributed by atoms with van der Waals surface area (Å²) in [5, 5.41) is 6.78. The van der Waals surface area contributed by atoms with Crippen molar-refractivity contribution in [1.29, 1.82) is 0 Å². The average molecular weight is 296 g/mol. The summed E-state index contributed by atoms with van der Waals surface area (Å²) in [4.78, 5) is 14.1. The second kappa shape index (κ2) is 6.02. The molecule has 20 heavy (non-hydrogen) atoms. The minimum atomic E-state index is -0.294. The van der Waals surface area contributed by atoms with Gasteiger partial charge in [-0.15, -0.1) is 0 Å². The van der Waals surface area contributed by atoms with E-state index in [4.69, 9.17) is 11.6 Å². The largest absolute Gasteiger partial charge is 0.373 e. The first-order valence-electron chi connectivity index (χ1n) is 7.02. The van der Waals surface area contributed by atoms with E-state index >= 15 is 0 Å². The van der Waals surface area contributed by atoms with E-state index in [2.05, 4.69) is 29.4 Å². The molecule has 5 heteroatoms. The summed E-state index contributed by atoms with van der Waals surface area (Å²) in [6, 6.07) is 3.57. The minimum Gasteiger partial charge on any atom is -0.373 e. The van der Waals surface area contributed by atoms with E-state index in [-0.39, 0.29) is 11.9 Å². The van der Waals surface area contributed by atoms with Crippen molar-refractivity contribution < 1.29 is 4.79 Å². The van der Waals surface area contributed by atoms with Crippen LogP contribution in [-0.4, -0.2) is 26.0 Å². The smallest absolute Gasteiger partial charge is 0.246 e. The molecular formula is C15H22ClN3O. The van der Waals surface area contributed by atoms with Crippen molar-refractivity contribution in [2.45, 2.75) is 26.8 Å². The molecule has 1 aliphatic rings. The fourth-order valence-corrected chi connectivity index (χ4v) is 2.93. The maximum atomic E-state index is 12.0. The standard InChI is InChI=1S/C15H22ClN3O/c1-5-17-14-10-6-11(16)13(19(4)8-9(2)3)7-12(10)18-15(14)20/h6-7,9,14,17H,5,8H2,1-4H3,(H,18,20). The van der Waals surface area contributed by atoms with Gasteiger partial charge in [0.25, 0.3) is 0 Å². The van der Waals surface area contributed by atoms with Gasteiger partial charge in [-0.2, -0.15) is 0 Å². The molecule has 1 atom stereocenters. The maximum absolute atomic E-state index is 12.0. The van der Waals surface area contributed by atoms with Gasteiger partial charge in [-0.25, -0.2) is 0 Å². The van der Waals surface area contributed by atoms with Crippen molar-refractivity contribution in [3.63, 3.8) is 0 Å². The molecule has 1 aliphatic heterocycles. The zero-order valence-electron chi connectivity index (χ0n) is 12.5. The highest BCUT2D eigenvalue weighted by Crippen LogP contribution is 2.38. The number of carbonyl (C=O) groups excluding carboxylic acids is 1. The Labute approximate surface area is 125 Å². The molecule has 1 aromatic rings.